The van der Waals surface area contributed by atoms with Crippen LogP contribution in [0.4, 0.5) is 0 Å². The molecule has 0 bridgehead atoms. The van der Waals surface area contributed by atoms with E-state index in [1.54, 1.807) is 10.9 Å². The van der Waals surface area contributed by atoms with Crippen molar-refractivity contribution in [2.24, 2.45) is 5.92 Å². The molecule has 1 saturated heterocycles. The second-order valence-corrected chi connectivity index (χ2v) is 3.65. The fourth-order valence-corrected chi connectivity index (χ4v) is 1.87. The van der Waals surface area contributed by atoms with Crippen molar-refractivity contribution in [3.05, 3.63) is 18.0 Å². The van der Waals surface area contributed by atoms with E-state index in [1.807, 2.05) is 13.1 Å². The third-order valence-corrected chi connectivity index (χ3v) is 2.71. The molecule has 0 aliphatic carbocycles. The summed E-state index contributed by atoms with van der Waals surface area (Å²) >= 11 is 0. The Labute approximate surface area is 87.7 Å². The summed E-state index contributed by atoms with van der Waals surface area (Å²) in [6, 6.07) is 0. The highest BCUT2D eigenvalue weighted by Crippen LogP contribution is 2.34. The van der Waals surface area contributed by atoms with E-state index in [4.69, 9.17) is 9.84 Å². The van der Waals surface area contributed by atoms with E-state index in [0.717, 1.165) is 12.1 Å². The Morgan fingerprint density at radius 1 is 1.80 bits per heavy atom. The second-order valence-electron chi connectivity index (χ2n) is 3.65. The smallest absolute Gasteiger partial charge is 0.309 e. The normalized spacial score (nSPS) is 25.7. The number of hydrogen-bond acceptors (Lipinski definition) is 3. The van der Waals surface area contributed by atoms with Crippen LogP contribution in [-0.4, -0.2) is 27.5 Å². The maximum absolute atomic E-state index is 11.0. The van der Waals surface area contributed by atoms with Crippen LogP contribution in [0.3, 0.4) is 0 Å². The molecule has 1 aliphatic heterocycles. The van der Waals surface area contributed by atoms with Gasteiger partial charge in [0.2, 0.25) is 0 Å². The predicted molar refractivity (Wildman–Crippen MR) is 52.3 cm³/mol. The summed E-state index contributed by atoms with van der Waals surface area (Å²) in [5.74, 6) is -1.22. The summed E-state index contributed by atoms with van der Waals surface area (Å²) in [6.45, 7) is 3.28. The van der Waals surface area contributed by atoms with Crippen molar-refractivity contribution in [2.45, 2.75) is 26.0 Å². The van der Waals surface area contributed by atoms with Gasteiger partial charge in [-0.05, 0) is 13.3 Å². The van der Waals surface area contributed by atoms with Crippen molar-refractivity contribution >= 4 is 5.97 Å². The molecular weight excluding hydrogens is 196 g/mol. The third-order valence-electron chi connectivity index (χ3n) is 2.71. The van der Waals surface area contributed by atoms with Gasteiger partial charge in [-0.15, -0.1) is 0 Å². The molecule has 1 aromatic heterocycles. The zero-order valence-electron chi connectivity index (χ0n) is 8.59. The Morgan fingerprint density at radius 2 is 2.60 bits per heavy atom. The molecule has 0 amide bonds. The third kappa shape index (κ3) is 1.87. The molecule has 2 heterocycles. The first-order valence-corrected chi connectivity index (χ1v) is 5.09. The molecule has 1 aromatic rings. The molecule has 1 aliphatic rings. The molecule has 1 N–H and O–H groups in total. The van der Waals surface area contributed by atoms with Crippen molar-refractivity contribution in [3.63, 3.8) is 0 Å². The summed E-state index contributed by atoms with van der Waals surface area (Å²) in [5, 5.41) is 13.1. The van der Waals surface area contributed by atoms with E-state index in [0.29, 0.717) is 13.0 Å². The molecule has 0 spiro atoms. The van der Waals surface area contributed by atoms with Crippen LogP contribution in [0.2, 0.25) is 0 Å². The Morgan fingerprint density at radius 3 is 3.20 bits per heavy atom. The summed E-state index contributed by atoms with van der Waals surface area (Å²) in [7, 11) is 0. The fourth-order valence-electron chi connectivity index (χ4n) is 1.87. The van der Waals surface area contributed by atoms with Crippen LogP contribution in [0.1, 0.15) is 25.0 Å². The number of carbonyl (C=O) groups is 1. The van der Waals surface area contributed by atoms with Crippen LogP contribution in [0, 0.1) is 5.92 Å². The minimum absolute atomic E-state index is 0.331. The number of aliphatic carboxylic acids is 1. The van der Waals surface area contributed by atoms with Crippen LogP contribution < -0.4 is 0 Å². The van der Waals surface area contributed by atoms with Crippen molar-refractivity contribution in [3.8, 4) is 0 Å². The molecule has 0 aromatic carbocycles. The zero-order chi connectivity index (χ0) is 10.8. The fraction of sp³-hybridized carbons (Fsp3) is 0.600. The monoisotopic (exact) mass is 210 g/mol. The Balaban J connectivity index is 2.18. The highest BCUT2D eigenvalue weighted by molar-refractivity contribution is 5.71. The van der Waals surface area contributed by atoms with Gasteiger partial charge in [0, 0.05) is 24.9 Å². The number of aryl methyl sites for hydroxylation is 1. The van der Waals surface area contributed by atoms with Crippen molar-refractivity contribution in [1.82, 2.24) is 9.78 Å². The van der Waals surface area contributed by atoms with Gasteiger partial charge in [0.25, 0.3) is 0 Å². The first-order valence-electron chi connectivity index (χ1n) is 5.09. The van der Waals surface area contributed by atoms with Crippen LogP contribution in [-0.2, 0) is 16.1 Å². The molecular formula is C10H14N2O3. The van der Waals surface area contributed by atoms with E-state index < -0.39 is 11.9 Å². The standard InChI is InChI=1S/C10H14N2O3/c1-2-12-6-7(5-11-12)9-8(10(13)14)3-4-15-9/h5-6,8-9H,2-4H2,1H3,(H,13,14). The van der Waals surface area contributed by atoms with Gasteiger partial charge in [-0.2, -0.15) is 5.10 Å². The summed E-state index contributed by atoms with van der Waals surface area (Å²) in [6.07, 6.45) is 3.79. The minimum atomic E-state index is -0.790. The number of nitrogens with zero attached hydrogens (tertiary/aromatic N) is 2. The van der Waals surface area contributed by atoms with Gasteiger partial charge < -0.3 is 9.84 Å². The van der Waals surface area contributed by atoms with Crippen molar-refractivity contribution in [2.75, 3.05) is 6.61 Å². The van der Waals surface area contributed by atoms with E-state index >= 15 is 0 Å². The van der Waals surface area contributed by atoms with Crippen LogP contribution in [0.5, 0.6) is 0 Å². The van der Waals surface area contributed by atoms with Gasteiger partial charge in [0.15, 0.2) is 0 Å². The van der Waals surface area contributed by atoms with Crippen LogP contribution >= 0.6 is 0 Å². The lowest BCUT2D eigenvalue weighted by Crippen LogP contribution is -2.17. The van der Waals surface area contributed by atoms with Crippen molar-refractivity contribution in [1.29, 1.82) is 0 Å². The van der Waals surface area contributed by atoms with Crippen LogP contribution in [0.15, 0.2) is 12.4 Å². The molecule has 2 atom stereocenters. The molecule has 0 saturated carbocycles. The van der Waals surface area contributed by atoms with Gasteiger partial charge in [-0.3, -0.25) is 9.48 Å². The van der Waals surface area contributed by atoms with E-state index in [2.05, 4.69) is 5.10 Å². The lowest BCUT2D eigenvalue weighted by Gasteiger charge is -2.12. The van der Waals surface area contributed by atoms with E-state index in [1.165, 1.54) is 0 Å². The van der Waals surface area contributed by atoms with Crippen molar-refractivity contribution < 1.29 is 14.6 Å². The van der Waals surface area contributed by atoms with E-state index in [-0.39, 0.29) is 6.10 Å². The highest BCUT2D eigenvalue weighted by atomic mass is 16.5. The quantitative estimate of drug-likeness (QED) is 0.810. The highest BCUT2D eigenvalue weighted by Gasteiger charge is 2.35. The summed E-state index contributed by atoms with van der Waals surface area (Å²) in [5.41, 5.74) is 0.863. The molecule has 0 radical (unpaired) electrons. The Bertz CT molecular complexity index is 361. The Hall–Kier alpha value is -1.36. The molecule has 5 heteroatoms. The number of carboxylic acids is 1. The maximum atomic E-state index is 11.0. The average molecular weight is 210 g/mol. The SMILES string of the molecule is CCn1cc(C2OCCC2C(=O)O)cn1. The topological polar surface area (TPSA) is 64.3 Å². The predicted octanol–water partition coefficient (Wildman–Crippen LogP) is 1.07. The summed E-state index contributed by atoms with van der Waals surface area (Å²) < 4.78 is 7.21. The number of hydrogen-bond donors (Lipinski definition) is 1. The number of ether oxygens (including phenoxy) is 1. The molecule has 2 unspecified atom stereocenters. The average Bonchev–Trinajstić information content (AvgIpc) is 2.85. The first kappa shape index (κ1) is 10.2. The number of rotatable bonds is 3. The molecule has 82 valence electrons. The molecule has 15 heavy (non-hydrogen) atoms. The van der Waals surface area contributed by atoms with Gasteiger partial charge in [-0.25, -0.2) is 0 Å². The largest absolute Gasteiger partial charge is 0.481 e. The summed E-state index contributed by atoms with van der Waals surface area (Å²) in [4.78, 5) is 11.0. The number of carboxylic acid groups (broad SMARTS) is 1. The zero-order valence-corrected chi connectivity index (χ0v) is 8.59. The Kier molecular flexibility index (Phi) is 2.73. The lowest BCUT2D eigenvalue weighted by atomic mass is 9.98. The molecule has 2 rings (SSSR count). The van der Waals surface area contributed by atoms with E-state index in [9.17, 15) is 4.79 Å². The van der Waals surface area contributed by atoms with Gasteiger partial charge in [-0.1, -0.05) is 0 Å². The van der Waals surface area contributed by atoms with Gasteiger partial charge in [0.1, 0.15) is 0 Å². The number of aromatic nitrogens is 2. The molecule has 5 nitrogen and oxygen atoms in total. The minimum Gasteiger partial charge on any atom is -0.481 e. The second kappa shape index (κ2) is 4.02. The molecule has 1 fully saturated rings. The van der Waals surface area contributed by atoms with Gasteiger partial charge in [0.05, 0.1) is 18.2 Å². The van der Waals surface area contributed by atoms with Gasteiger partial charge >= 0.3 is 5.97 Å². The lowest BCUT2D eigenvalue weighted by molar-refractivity contribution is -0.143. The van der Waals surface area contributed by atoms with Crippen LogP contribution in [0.25, 0.3) is 0 Å². The first-order chi connectivity index (χ1) is 7.22. The maximum Gasteiger partial charge on any atom is 0.309 e.